The van der Waals surface area contributed by atoms with Crippen molar-refractivity contribution in [2.45, 2.75) is 0 Å². The topological polar surface area (TPSA) is 41.6 Å². The fraction of sp³-hybridized carbons (Fsp3) is 0.0952. The average Bonchev–Trinajstić information content (AvgIpc) is 2.63. The Morgan fingerprint density at radius 1 is 0.840 bits per heavy atom. The number of rotatable bonds is 5. The molecule has 25 heavy (non-hydrogen) atoms. The second-order valence-corrected chi connectivity index (χ2v) is 5.81. The van der Waals surface area contributed by atoms with Gasteiger partial charge in [0.1, 0.15) is 11.5 Å². The average molecular weight is 332 g/mol. The lowest BCUT2D eigenvalue weighted by molar-refractivity contribution is 0.102. The zero-order chi connectivity index (χ0) is 17.6. The molecule has 0 bridgehead atoms. The largest absolute Gasteiger partial charge is 0.457 e. The van der Waals surface area contributed by atoms with E-state index in [2.05, 4.69) is 5.32 Å². The summed E-state index contributed by atoms with van der Waals surface area (Å²) < 4.78 is 5.85. The van der Waals surface area contributed by atoms with Crippen molar-refractivity contribution in [3.05, 3.63) is 84.4 Å². The first kappa shape index (κ1) is 16.6. The molecule has 0 unspecified atom stereocenters. The number of carbonyl (C=O) groups is 1. The van der Waals surface area contributed by atoms with Crippen LogP contribution in [0.15, 0.2) is 78.9 Å². The van der Waals surface area contributed by atoms with E-state index in [0.29, 0.717) is 17.1 Å². The van der Waals surface area contributed by atoms with Crippen LogP contribution in [0.25, 0.3) is 0 Å². The smallest absolute Gasteiger partial charge is 0.259 e. The standard InChI is InChI=1S/C21H20N2O2/c1-23(2)17-14-12-16(13-15-17)22-21(24)19-10-6-7-11-20(19)25-18-8-4-3-5-9-18/h3-15H,1-2H3,(H,22,24). The zero-order valence-electron chi connectivity index (χ0n) is 14.3. The van der Waals surface area contributed by atoms with Crippen LogP contribution in [-0.4, -0.2) is 20.0 Å². The number of hydrogen-bond acceptors (Lipinski definition) is 3. The van der Waals surface area contributed by atoms with E-state index in [4.69, 9.17) is 4.74 Å². The van der Waals surface area contributed by atoms with Gasteiger partial charge in [0.25, 0.3) is 5.91 Å². The molecule has 0 aromatic heterocycles. The first-order valence-electron chi connectivity index (χ1n) is 8.04. The minimum Gasteiger partial charge on any atom is -0.457 e. The molecule has 3 aromatic carbocycles. The van der Waals surface area contributed by atoms with Gasteiger partial charge in [-0.3, -0.25) is 4.79 Å². The SMILES string of the molecule is CN(C)c1ccc(NC(=O)c2ccccc2Oc2ccccc2)cc1. The van der Waals surface area contributed by atoms with Crippen molar-refractivity contribution in [2.24, 2.45) is 0 Å². The molecule has 0 saturated heterocycles. The fourth-order valence-electron chi connectivity index (χ4n) is 2.40. The molecule has 0 aliphatic carbocycles. The van der Waals surface area contributed by atoms with Gasteiger partial charge in [-0.1, -0.05) is 30.3 Å². The summed E-state index contributed by atoms with van der Waals surface area (Å²) in [6.07, 6.45) is 0. The van der Waals surface area contributed by atoms with E-state index < -0.39 is 0 Å². The molecule has 0 fully saturated rings. The quantitative estimate of drug-likeness (QED) is 0.730. The van der Waals surface area contributed by atoms with Crippen molar-refractivity contribution >= 4 is 17.3 Å². The third-order valence-electron chi connectivity index (χ3n) is 3.74. The molecule has 0 aliphatic heterocycles. The predicted molar refractivity (Wildman–Crippen MR) is 102 cm³/mol. The van der Waals surface area contributed by atoms with Crippen molar-refractivity contribution in [1.29, 1.82) is 0 Å². The lowest BCUT2D eigenvalue weighted by Crippen LogP contribution is -2.13. The molecule has 1 N–H and O–H groups in total. The maximum atomic E-state index is 12.6. The van der Waals surface area contributed by atoms with Crippen LogP contribution in [0, 0.1) is 0 Å². The lowest BCUT2D eigenvalue weighted by Gasteiger charge is -2.14. The minimum atomic E-state index is -0.205. The molecule has 3 rings (SSSR count). The van der Waals surface area contributed by atoms with Gasteiger partial charge in [-0.2, -0.15) is 0 Å². The third-order valence-corrected chi connectivity index (χ3v) is 3.74. The summed E-state index contributed by atoms with van der Waals surface area (Å²) in [4.78, 5) is 14.7. The second-order valence-electron chi connectivity index (χ2n) is 5.81. The molecule has 4 heteroatoms. The van der Waals surface area contributed by atoms with Crippen LogP contribution in [0.3, 0.4) is 0 Å². The number of anilines is 2. The summed E-state index contributed by atoms with van der Waals surface area (Å²) in [6, 6.07) is 24.3. The van der Waals surface area contributed by atoms with Gasteiger partial charge in [0.2, 0.25) is 0 Å². The Balaban J connectivity index is 1.78. The van der Waals surface area contributed by atoms with Gasteiger partial charge in [0.05, 0.1) is 5.56 Å². The summed E-state index contributed by atoms with van der Waals surface area (Å²) in [6.45, 7) is 0. The van der Waals surface area contributed by atoms with Gasteiger partial charge in [0.15, 0.2) is 0 Å². The highest BCUT2D eigenvalue weighted by Crippen LogP contribution is 2.26. The molecule has 126 valence electrons. The van der Waals surface area contributed by atoms with Crippen LogP contribution in [0.4, 0.5) is 11.4 Å². The molecule has 4 nitrogen and oxygen atoms in total. The van der Waals surface area contributed by atoms with Crippen molar-refractivity contribution in [2.75, 3.05) is 24.3 Å². The summed E-state index contributed by atoms with van der Waals surface area (Å²) in [5, 5.41) is 2.91. The molecule has 1 amide bonds. The molecule has 0 aliphatic rings. The van der Waals surface area contributed by atoms with E-state index in [-0.39, 0.29) is 5.91 Å². The summed E-state index contributed by atoms with van der Waals surface area (Å²) in [5.41, 5.74) is 2.30. The number of nitrogens with zero attached hydrogens (tertiary/aromatic N) is 1. The van der Waals surface area contributed by atoms with E-state index in [9.17, 15) is 4.79 Å². The van der Waals surface area contributed by atoms with Crippen LogP contribution in [-0.2, 0) is 0 Å². The summed E-state index contributed by atoms with van der Waals surface area (Å²) >= 11 is 0. The van der Waals surface area contributed by atoms with Crippen molar-refractivity contribution in [3.63, 3.8) is 0 Å². The van der Waals surface area contributed by atoms with E-state index in [1.165, 1.54) is 0 Å². The molecule has 0 atom stereocenters. The Kier molecular flexibility index (Phi) is 5.00. The van der Waals surface area contributed by atoms with Gasteiger partial charge in [0, 0.05) is 25.5 Å². The Hall–Kier alpha value is -3.27. The molecule has 0 radical (unpaired) electrons. The monoisotopic (exact) mass is 332 g/mol. The van der Waals surface area contributed by atoms with Gasteiger partial charge < -0.3 is 15.0 Å². The molecule has 3 aromatic rings. The Bertz CT molecular complexity index is 843. The molecule has 0 saturated carbocycles. The van der Waals surface area contributed by atoms with Crippen LogP contribution in [0.5, 0.6) is 11.5 Å². The van der Waals surface area contributed by atoms with Gasteiger partial charge in [-0.25, -0.2) is 0 Å². The van der Waals surface area contributed by atoms with Crippen LogP contribution < -0.4 is 15.0 Å². The van der Waals surface area contributed by atoms with E-state index >= 15 is 0 Å². The fourth-order valence-corrected chi connectivity index (χ4v) is 2.40. The molecular weight excluding hydrogens is 312 g/mol. The normalized spacial score (nSPS) is 10.2. The summed E-state index contributed by atoms with van der Waals surface area (Å²) in [7, 11) is 3.95. The first-order valence-corrected chi connectivity index (χ1v) is 8.04. The minimum absolute atomic E-state index is 0.205. The number of carbonyl (C=O) groups excluding carboxylic acids is 1. The summed E-state index contributed by atoms with van der Waals surface area (Å²) in [5.74, 6) is 1.01. The van der Waals surface area contributed by atoms with Crippen molar-refractivity contribution in [3.8, 4) is 11.5 Å². The molecular formula is C21H20N2O2. The van der Waals surface area contributed by atoms with E-state index in [1.807, 2.05) is 85.7 Å². The highest BCUT2D eigenvalue weighted by atomic mass is 16.5. The van der Waals surface area contributed by atoms with Gasteiger partial charge in [-0.05, 0) is 48.5 Å². The third kappa shape index (κ3) is 4.18. The zero-order valence-corrected chi connectivity index (χ0v) is 14.3. The van der Waals surface area contributed by atoms with E-state index in [1.54, 1.807) is 12.1 Å². The number of benzene rings is 3. The lowest BCUT2D eigenvalue weighted by atomic mass is 10.1. The van der Waals surface area contributed by atoms with Crippen LogP contribution >= 0.6 is 0 Å². The van der Waals surface area contributed by atoms with Crippen LogP contribution in [0.1, 0.15) is 10.4 Å². The highest BCUT2D eigenvalue weighted by Gasteiger charge is 2.13. The molecule has 0 heterocycles. The first-order chi connectivity index (χ1) is 12.1. The Labute approximate surface area is 147 Å². The Morgan fingerprint density at radius 2 is 1.48 bits per heavy atom. The second kappa shape index (κ2) is 7.53. The number of nitrogens with one attached hydrogen (secondary N) is 1. The number of amides is 1. The maximum absolute atomic E-state index is 12.6. The van der Waals surface area contributed by atoms with Gasteiger partial charge in [-0.15, -0.1) is 0 Å². The van der Waals surface area contributed by atoms with Crippen molar-refractivity contribution in [1.82, 2.24) is 0 Å². The Morgan fingerprint density at radius 3 is 2.16 bits per heavy atom. The number of para-hydroxylation sites is 2. The predicted octanol–water partition coefficient (Wildman–Crippen LogP) is 4.80. The van der Waals surface area contributed by atoms with Gasteiger partial charge >= 0.3 is 0 Å². The number of hydrogen-bond donors (Lipinski definition) is 1. The number of ether oxygens (including phenoxy) is 1. The maximum Gasteiger partial charge on any atom is 0.259 e. The molecule has 0 spiro atoms. The van der Waals surface area contributed by atoms with E-state index in [0.717, 1.165) is 11.4 Å². The highest BCUT2D eigenvalue weighted by molar-refractivity contribution is 6.06. The van der Waals surface area contributed by atoms with Crippen molar-refractivity contribution < 1.29 is 9.53 Å². The van der Waals surface area contributed by atoms with Crippen LogP contribution in [0.2, 0.25) is 0 Å².